The molecule has 0 aliphatic carbocycles. The summed E-state index contributed by atoms with van der Waals surface area (Å²) in [6.45, 7) is 6.83. The molecule has 242 valence electrons. The van der Waals surface area contributed by atoms with E-state index >= 15 is 0 Å². The summed E-state index contributed by atoms with van der Waals surface area (Å²) in [6.07, 6.45) is -14.1. The highest BCUT2D eigenvalue weighted by Crippen LogP contribution is 2.36. The van der Waals surface area contributed by atoms with E-state index in [0.717, 1.165) is 48.5 Å². The molecule has 2 fully saturated rings. The number of rotatable bonds is 10. The van der Waals surface area contributed by atoms with Crippen molar-refractivity contribution in [1.29, 1.82) is 0 Å². The third kappa shape index (κ3) is 10.7. The Hall–Kier alpha value is -3.35. The maximum Gasteiger partial charge on any atom is 0.305 e. The van der Waals surface area contributed by atoms with E-state index in [-0.39, 0.29) is 0 Å². The maximum atomic E-state index is 12.2. The van der Waals surface area contributed by atoms with Gasteiger partial charge in [-0.15, -0.1) is 0 Å². The molecule has 10 atom stereocenters. The van der Waals surface area contributed by atoms with Crippen LogP contribution in [0.15, 0.2) is 0 Å². The summed E-state index contributed by atoms with van der Waals surface area (Å²) in [4.78, 5) is 83.8. The number of hydrogen-bond donors (Lipinski definition) is 0. The summed E-state index contributed by atoms with van der Waals surface area (Å²) in [6, 6.07) is 0. The van der Waals surface area contributed by atoms with E-state index in [1.165, 1.54) is 0 Å². The first-order valence-electron chi connectivity index (χ1n) is 12.8. The van der Waals surface area contributed by atoms with E-state index < -0.39 is 109 Å². The summed E-state index contributed by atoms with van der Waals surface area (Å²) in [5.41, 5.74) is 0. The highest BCUT2D eigenvalue weighted by Gasteiger charge is 2.57. The van der Waals surface area contributed by atoms with E-state index in [1.807, 2.05) is 0 Å². The number of esters is 7. The first-order valence-corrected chi connectivity index (χ1v) is 13.7. The molecule has 2 aliphatic rings. The number of carbonyl (C=O) groups excluding carboxylic acids is 7. The summed E-state index contributed by atoms with van der Waals surface area (Å²) in [7, 11) is 0. The molecular weight excluding hydrogens is 652 g/mol. The Morgan fingerprint density at radius 1 is 0.488 bits per heavy atom. The van der Waals surface area contributed by atoms with Gasteiger partial charge in [-0.25, -0.2) is 0 Å². The van der Waals surface area contributed by atoms with Gasteiger partial charge in [-0.3, -0.25) is 33.6 Å². The van der Waals surface area contributed by atoms with Crippen molar-refractivity contribution in [3.05, 3.63) is 0 Å². The van der Waals surface area contributed by atoms with Gasteiger partial charge in [0.15, 0.2) is 47.9 Å². The Kier molecular flexibility index (Phi) is 13.3. The molecule has 0 radical (unpaired) electrons. The molecule has 0 spiro atoms. The fourth-order valence-corrected chi connectivity index (χ4v) is 4.89. The van der Waals surface area contributed by atoms with E-state index in [2.05, 4.69) is 15.9 Å². The minimum Gasteiger partial charge on any atom is -0.463 e. The van der Waals surface area contributed by atoms with Crippen molar-refractivity contribution in [2.24, 2.45) is 0 Å². The van der Waals surface area contributed by atoms with Crippen molar-refractivity contribution in [2.45, 2.75) is 109 Å². The molecule has 2 rings (SSSR count). The zero-order valence-electron chi connectivity index (χ0n) is 24.3. The molecule has 0 unspecified atom stereocenters. The van der Waals surface area contributed by atoms with Gasteiger partial charge < -0.3 is 47.4 Å². The van der Waals surface area contributed by atoms with Crippen LogP contribution in [0.4, 0.5) is 0 Å². The van der Waals surface area contributed by atoms with Crippen molar-refractivity contribution in [3.63, 3.8) is 0 Å². The quantitative estimate of drug-likeness (QED) is 0.168. The van der Waals surface area contributed by atoms with Gasteiger partial charge in [0.2, 0.25) is 6.29 Å². The zero-order chi connectivity index (χ0) is 32.6. The van der Waals surface area contributed by atoms with Gasteiger partial charge in [0.05, 0.1) is 0 Å². The molecule has 0 bridgehead atoms. The minimum atomic E-state index is -1.78. The second-order valence-electron chi connectivity index (χ2n) is 9.28. The van der Waals surface area contributed by atoms with Crippen LogP contribution in [-0.2, 0) is 80.9 Å². The monoisotopic (exact) mass is 684 g/mol. The Morgan fingerprint density at radius 3 is 1.37 bits per heavy atom. The van der Waals surface area contributed by atoms with Crippen LogP contribution in [0.25, 0.3) is 0 Å². The third-order valence-corrected chi connectivity index (χ3v) is 6.30. The van der Waals surface area contributed by atoms with E-state index in [1.54, 1.807) is 0 Å². The highest BCUT2D eigenvalue weighted by atomic mass is 79.9. The molecule has 0 aromatic rings. The minimum absolute atomic E-state index is 0.556. The molecule has 2 heterocycles. The molecule has 2 saturated heterocycles. The number of carbonyl (C=O) groups is 7. The lowest BCUT2D eigenvalue weighted by Crippen LogP contribution is -2.66. The lowest BCUT2D eigenvalue weighted by atomic mass is 9.97. The van der Waals surface area contributed by atoms with E-state index in [4.69, 9.17) is 47.4 Å². The molecule has 0 aromatic carbocycles. The van der Waals surface area contributed by atoms with Crippen LogP contribution in [0.3, 0.4) is 0 Å². The number of ether oxygens (including phenoxy) is 10. The second-order valence-corrected chi connectivity index (χ2v) is 10.2. The Labute approximate surface area is 254 Å². The highest BCUT2D eigenvalue weighted by molar-refractivity contribution is 9.09. The van der Waals surface area contributed by atoms with Crippen LogP contribution in [0.2, 0.25) is 0 Å². The first-order chi connectivity index (χ1) is 20.0. The first kappa shape index (κ1) is 35.8. The molecule has 0 aromatic heterocycles. The number of alkyl halides is 1. The van der Waals surface area contributed by atoms with Gasteiger partial charge in [0.1, 0.15) is 12.7 Å². The zero-order valence-corrected chi connectivity index (χ0v) is 25.9. The van der Waals surface area contributed by atoms with Gasteiger partial charge in [0.25, 0.3) is 0 Å². The lowest BCUT2D eigenvalue weighted by molar-refractivity contribution is -0.356. The average molecular weight is 685 g/mol. The van der Waals surface area contributed by atoms with Crippen LogP contribution in [0.1, 0.15) is 48.5 Å². The van der Waals surface area contributed by atoms with E-state index in [9.17, 15) is 33.6 Å². The summed E-state index contributed by atoms with van der Waals surface area (Å²) in [5.74, 6) is -5.91. The molecule has 2 aliphatic heterocycles. The van der Waals surface area contributed by atoms with Crippen LogP contribution in [0, 0.1) is 0 Å². The van der Waals surface area contributed by atoms with Crippen LogP contribution in [0.5, 0.6) is 0 Å². The number of hydrogen-bond acceptors (Lipinski definition) is 17. The molecule has 0 saturated carbocycles. The Balaban J connectivity index is 2.66. The predicted octanol–water partition coefficient (Wildman–Crippen LogP) is -0.0415. The third-order valence-electron chi connectivity index (χ3n) is 5.56. The summed E-state index contributed by atoms with van der Waals surface area (Å²) < 4.78 is 54.7. The molecule has 17 nitrogen and oxygen atoms in total. The van der Waals surface area contributed by atoms with Crippen molar-refractivity contribution in [3.8, 4) is 0 Å². The van der Waals surface area contributed by atoms with Gasteiger partial charge in [0, 0.05) is 48.5 Å². The van der Waals surface area contributed by atoms with Crippen LogP contribution in [-0.4, -0.2) is 109 Å². The van der Waals surface area contributed by atoms with Crippen molar-refractivity contribution >= 4 is 57.7 Å². The van der Waals surface area contributed by atoms with Crippen LogP contribution >= 0.6 is 15.9 Å². The largest absolute Gasteiger partial charge is 0.463 e. The Morgan fingerprint density at radius 2 is 0.907 bits per heavy atom. The SMILES string of the molecule is CC(=O)OC[C@H]1O[C@@H](O[C@@H]2[C@@H](OC(C)=O)O[C@H](Br)[C@H](OC(C)=O)[C@H]2OC(C)=O)[C@H](OC(C)=O)[C@@H](OC(C)=O)[C@H]1OC(C)=O. The summed E-state index contributed by atoms with van der Waals surface area (Å²) in [5, 5.41) is -1.18. The van der Waals surface area contributed by atoms with Crippen LogP contribution < -0.4 is 0 Å². The van der Waals surface area contributed by atoms with Crippen molar-refractivity contribution in [1.82, 2.24) is 0 Å². The second kappa shape index (κ2) is 15.9. The number of halogens is 1. The maximum absolute atomic E-state index is 12.2. The molecule has 43 heavy (non-hydrogen) atoms. The fourth-order valence-electron chi connectivity index (χ4n) is 4.27. The molecule has 0 N–H and O–H groups in total. The lowest BCUT2D eigenvalue weighted by Gasteiger charge is -2.47. The average Bonchev–Trinajstić information content (AvgIpc) is 2.84. The Bertz CT molecular complexity index is 1080. The van der Waals surface area contributed by atoms with Gasteiger partial charge in [-0.05, 0) is 0 Å². The van der Waals surface area contributed by atoms with E-state index in [0.29, 0.717) is 0 Å². The summed E-state index contributed by atoms with van der Waals surface area (Å²) >= 11 is 3.16. The predicted molar refractivity (Wildman–Crippen MR) is 137 cm³/mol. The smallest absolute Gasteiger partial charge is 0.305 e. The topological polar surface area (TPSA) is 212 Å². The van der Waals surface area contributed by atoms with Crippen molar-refractivity contribution < 1.29 is 80.9 Å². The normalized spacial score (nSPS) is 31.9. The van der Waals surface area contributed by atoms with Gasteiger partial charge in [-0.1, -0.05) is 15.9 Å². The molecule has 18 heteroatoms. The molecular formula is C25H33BrO17. The molecule has 0 amide bonds. The van der Waals surface area contributed by atoms with Gasteiger partial charge >= 0.3 is 41.8 Å². The van der Waals surface area contributed by atoms with Gasteiger partial charge in [-0.2, -0.15) is 0 Å². The standard InChI is InChI=1S/C25H33BrO17/c1-9(27)34-8-16-17(35-10(2)28)18(36-11(3)29)21(39-14(6)32)25(41-16)42-22-19(37-12(4)30)20(38-13(5)31)23(26)43-24(22)40-15(7)33/h16-25H,8H2,1-7H3/t16-,17+,18+,19-,20-,21-,22+,23+,24+,25+/m1/s1. The fraction of sp³-hybridized carbons (Fsp3) is 0.720. The van der Waals surface area contributed by atoms with Crippen molar-refractivity contribution in [2.75, 3.05) is 6.61 Å².